The second-order valence-corrected chi connectivity index (χ2v) is 28.3. The van der Waals surface area contributed by atoms with Gasteiger partial charge in [0.15, 0.2) is 12.4 Å². The summed E-state index contributed by atoms with van der Waals surface area (Å²) in [6.07, 6.45) is 113. The molecule has 9 heteroatoms. The van der Waals surface area contributed by atoms with Crippen LogP contribution >= 0.6 is 0 Å². The molecular formula is C90H153NO8. The molecule has 0 saturated carbocycles. The zero-order valence-electron chi connectivity index (χ0n) is 64.8. The smallest absolute Gasteiger partial charge is 0.306 e. The van der Waals surface area contributed by atoms with Gasteiger partial charge in [-0.05, 0) is 122 Å². The highest BCUT2D eigenvalue weighted by Gasteiger charge is 2.22. The number of likely N-dealkylation sites (N-methyl/N-ethyl adjacent to an activating group) is 1. The van der Waals surface area contributed by atoms with Crippen LogP contribution in [-0.4, -0.2) is 82.3 Å². The maximum Gasteiger partial charge on any atom is 0.306 e. The lowest BCUT2D eigenvalue weighted by atomic mass is 10.0. The van der Waals surface area contributed by atoms with Gasteiger partial charge in [0.1, 0.15) is 13.2 Å². The normalized spacial score (nSPS) is 13.4. The first-order valence-corrected chi connectivity index (χ1v) is 41.0. The third-order valence-electron chi connectivity index (χ3n) is 17.6. The van der Waals surface area contributed by atoms with Crippen LogP contribution in [-0.2, 0) is 33.3 Å². The highest BCUT2D eigenvalue weighted by molar-refractivity contribution is 5.70. The van der Waals surface area contributed by atoms with Crippen LogP contribution in [0.3, 0.4) is 0 Å². The number of hydrogen-bond acceptors (Lipinski definition) is 8. The Kier molecular flexibility index (Phi) is 75.0. The van der Waals surface area contributed by atoms with Crippen molar-refractivity contribution in [1.29, 1.82) is 0 Å². The maximum atomic E-state index is 13.0. The molecule has 0 aliphatic heterocycles. The van der Waals surface area contributed by atoms with Gasteiger partial charge in [-0.1, -0.05) is 359 Å². The van der Waals surface area contributed by atoms with Gasteiger partial charge in [0.2, 0.25) is 0 Å². The van der Waals surface area contributed by atoms with E-state index in [1.165, 1.54) is 199 Å². The van der Waals surface area contributed by atoms with E-state index in [0.29, 0.717) is 17.4 Å². The van der Waals surface area contributed by atoms with Crippen molar-refractivity contribution in [2.75, 3.05) is 47.5 Å². The quantitative estimate of drug-likeness (QED) is 0.0195. The molecule has 0 heterocycles. The minimum absolute atomic E-state index is 0.140. The van der Waals surface area contributed by atoms with E-state index in [4.69, 9.17) is 18.9 Å². The van der Waals surface area contributed by atoms with Gasteiger partial charge >= 0.3 is 11.9 Å². The van der Waals surface area contributed by atoms with Crippen LogP contribution in [0.5, 0.6) is 0 Å². The number of unbranched alkanes of at least 4 members (excludes halogenated alkanes) is 36. The molecule has 0 aromatic heterocycles. The van der Waals surface area contributed by atoms with E-state index in [1.54, 1.807) is 0 Å². The van der Waals surface area contributed by atoms with Crippen LogP contribution in [0.1, 0.15) is 348 Å². The first kappa shape index (κ1) is 94.2. The van der Waals surface area contributed by atoms with E-state index in [9.17, 15) is 19.5 Å². The summed E-state index contributed by atoms with van der Waals surface area (Å²) in [5, 5.41) is 11.9. The number of allylic oxidation sites excluding steroid dienone is 24. The molecule has 0 fully saturated rings. The molecule has 0 aliphatic carbocycles. The van der Waals surface area contributed by atoms with E-state index >= 15 is 0 Å². The summed E-state index contributed by atoms with van der Waals surface area (Å²) in [6, 6.07) is 0. The van der Waals surface area contributed by atoms with Crippen molar-refractivity contribution in [1.82, 2.24) is 0 Å². The fraction of sp³-hybridized carbons (Fsp3) is 0.700. The number of nitrogens with zero attached hydrogens (tertiary/aromatic N) is 1. The summed E-state index contributed by atoms with van der Waals surface area (Å²) in [7, 11) is 5.93. The van der Waals surface area contributed by atoms with E-state index in [1.807, 2.05) is 21.1 Å². The van der Waals surface area contributed by atoms with Gasteiger partial charge in [-0.25, -0.2) is 0 Å². The second-order valence-electron chi connectivity index (χ2n) is 28.3. The Bertz CT molecular complexity index is 2150. The predicted molar refractivity (Wildman–Crippen MR) is 426 cm³/mol. The SMILES string of the molecule is CC/C=C\C/C=C\C/C=C\C/C=C\C/C=C\C/C=C\C/C=C\C/C=C\C/C=C\C/C=C\C/C=C\CCCCCCCCCC(=O)OC(COC(=O)CCCCCCCCCCCCCCCCCCCCCCC/C=C\CCCCCCCCCC)COC(OCC[N+](C)(C)C)C(=O)[O-]. The number of hydrogen-bond donors (Lipinski definition) is 0. The Labute approximate surface area is 611 Å². The third-order valence-corrected chi connectivity index (χ3v) is 17.6. The van der Waals surface area contributed by atoms with Gasteiger partial charge < -0.3 is 33.3 Å². The van der Waals surface area contributed by atoms with Gasteiger partial charge in [0.25, 0.3) is 0 Å². The molecule has 0 amide bonds. The fourth-order valence-corrected chi connectivity index (χ4v) is 11.4. The van der Waals surface area contributed by atoms with Crippen LogP contribution in [0.2, 0.25) is 0 Å². The molecule has 0 radical (unpaired) electrons. The molecule has 99 heavy (non-hydrogen) atoms. The number of carbonyl (C=O) groups is 3. The topological polar surface area (TPSA) is 111 Å². The Hall–Kier alpha value is -4.83. The van der Waals surface area contributed by atoms with Crippen LogP contribution < -0.4 is 5.11 Å². The Balaban J connectivity index is 4.10. The highest BCUT2D eigenvalue weighted by atomic mass is 16.7. The molecule has 0 saturated heterocycles. The molecule has 2 unspecified atom stereocenters. The summed E-state index contributed by atoms with van der Waals surface area (Å²) in [6.45, 7) is 4.65. The van der Waals surface area contributed by atoms with E-state index < -0.39 is 24.3 Å². The number of esters is 2. The van der Waals surface area contributed by atoms with Crippen LogP contribution in [0, 0.1) is 0 Å². The average Bonchev–Trinajstić information content (AvgIpc) is 2.62. The van der Waals surface area contributed by atoms with Gasteiger partial charge in [-0.2, -0.15) is 0 Å². The number of carboxylic acids is 1. The number of aliphatic carboxylic acids is 1. The molecule has 566 valence electrons. The lowest BCUT2D eigenvalue weighted by molar-refractivity contribution is -0.870. The van der Waals surface area contributed by atoms with Crippen LogP contribution in [0.4, 0.5) is 0 Å². The number of carboxylic acid groups (broad SMARTS) is 1. The minimum atomic E-state index is -1.63. The van der Waals surface area contributed by atoms with Crippen molar-refractivity contribution in [3.63, 3.8) is 0 Å². The molecule has 0 aromatic rings. The number of carbonyl (C=O) groups excluding carboxylic acids is 3. The maximum absolute atomic E-state index is 13.0. The monoisotopic (exact) mass is 1380 g/mol. The molecule has 9 nitrogen and oxygen atoms in total. The van der Waals surface area contributed by atoms with Crippen molar-refractivity contribution in [2.24, 2.45) is 0 Å². The molecule has 0 aliphatic rings. The van der Waals surface area contributed by atoms with Gasteiger partial charge in [0.05, 0.1) is 40.3 Å². The van der Waals surface area contributed by atoms with E-state index in [0.717, 1.165) is 116 Å². The molecule has 0 aromatic carbocycles. The van der Waals surface area contributed by atoms with Crippen molar-refractivity contribution in [3.05, 3.63) is 146 Å². The minimum Gasteiger partial charge on any atom is -0.545 e. The largest absolute Gasteiger partial charge is 0.545 e. The second kappa shape index (κ2) is 78.9. The zero-order chi connectivity index (χ0) is 71.8. The molecule has 0 rings (SSSR count). The zero-order valence-corrected chi connectivity index (χ0v) is 64.8. The first-order valence-electron chi connectivity index (χ1n) is 41.0. The molecule has 0 bridgehead atoms. The Morgan fingerprint density at radius 1 is 0.313 bits per heavy atom. The Morgan fingerprint density at radius 3 is 0.869 bits per heavy atom. The average molecular weight is 1380 g/mol. The predicted octanol–water partition coefficient (Wildman–Crippen LogP) is 25.3. The highest BCUT2D eigenvalue weighted by Crippen LogP contribution is 2.18. The summed E-state index contributed by atoms with van der Waals surface area (Å²) >= 11 is 0. The van der Waals surface area contributed by atoms with Gasteiger partial charge in [-0.15, -0.1) is 0 Å². The lowest BCUT2D eigenvalue weighted by Gasteiger charge is -2.26. The summed E-state index contributed by atoms with van der Waals surface area (Å²) in [5.74, 6) is -2.29. The number of rotatable bonds is 75. The Morgan fingerprint density at radius 2 is 0.576 bits per heavy atom. The van der Waals surface area contributed by atoms with Gasteiger partial charge in [0, 0.05) is 12.8 Å². The number of quaternary nitrogens is 1. The van der Waals surface area contributed by atoms with Crippen LogP contribution in [0.15, 0.2) is 146 Å². The molecular weight excluding hydrogens is 1220 g/mol. The van der Waals surface area contributed by atoms with E-state index in [2.05, 4.69) is 160 Å². The van der Waals surface area contributed by atoms with Gasteiger partial charge in [-0.3, -0.25) is 9.59 Å². The van der Waals surface area contributed by atoms with Crippen LogP contribution in [0.25, 0.3) is 0 Å². The summed E-state index contributed by atoms with van der Waals surface area (Å²) in [5.41, 5.74) is 0. The summed E-state index contributed by atoms with van der Waals surface area (Å²) < 4.78 is 22.9. The molecule has 0 spiro atoms. The molecule has 0 N–H and O–H groups in total. The first-order chi connectivity index (χ1) is 48.6. The lowest BCUT2D eigenvalue weighted by Crippen LogP contribution is -2.44. The van der Waals surface area contributed by atoms with Crippen molar-refractivity contribution in [3.8, 4) is 0 Å². The standard InChI is InChI=1S/C90H153NO8/c1-6-8-10-12-14-16-18-20-22-24-26-28-30-32-34-36-38-40-41-42-43-44-45-46-47-49-51-53-55-57-59-61-63-65-67-69-71-73-75-77-79-81-88(93)99-86(85-98-90(89(94)95)96-83-82-91(3,4)5)84-97-87(92)80-78-76-74-72-70-68-66-64-62-60-58-56-54-52-50-48-39-37-35-33-31-29-27-25-23-21-19-17-15-13-11-9-7-2/h8,10,14,16,20,22,25-28,32,34,38,40,42-43,45-46,49,51,55,57,61,63,86,90H,6-7,9,11-13,15,17-19,21,23-24,29-31,33,35-37,39,41,44,47-48,50,52-54,56,58-60,62,64-85H2,1-5H3/b10-8-,16-14-,22-20-,27-25-,28-26-,34-32-,40-38-,43-42-,46-45-,51-49-,57-55-,63-61-. The van der Waals surface area contributed by atoms with Crippen molar-refractivity contribution in [2.45, 2.75) is 360 Å². The molecule has 2 atom stereocenters. The third kappa shape index (κ3) is 80.4. The summed E-state index contributed by atoms with van der Waals surface area (Å²) in [4.78, 5) is 37.6. The fourth-order valence-electron chi connectivity index (χ4n) is 11.4. The van der Waals surface area contributed by atoms with Crippen molar-refractivity contribution < 1.29 is 42.9 Å². The van der Waals surface area contributed by atoms with E-state index in [-0.39, 0.29) is 38.6 Å². The number of ether oxygens (including phenoxy) is 4. The van der Waals surface area contributed by atoms with Crippen molar-refractivity contribution >= 4 is 17.9 Å².